The number of carbonyl (C=O) groups is 1. The van der Waals surface area contributed by atoms with Crippen LogP contribution in [0.3, 0.4) is 0 Å². The van der Waals surface area contributed by atoms with Crippen molar-refractivity contribution in [3.63, 3.8) is 0 Å². The number of para-hydroxylation sites is 1. The van der Waals surface area contributed by atoms with Crippen LogP contribution in [0, 0.1) is 6.92 Å². The SMILES string of the molecule is CCc1ccccc1NC(=O)COc1c(C)cc(Br)cc1Br. The summed E-state index contributed by atoms with van der Waals surface area (Å²) in [5, 5.41) is 2.89. The minimum Gasteiger partial charge on any atom is -0.482 e. The Bertz CT molecular complexity index is 663. The highest BCUT2D eigenvalue weighted by Gasteiger charge is 2.10. The molecule has 0 unspecified atom stereocenters. The summed E-state index contributed by atoms with van der Waals surface area (Å²) in [6.45, 7) is 3.97. The van der Waals surface area contributed by atoms with Gasteiger partial charge in [0, 0.05) is 10.2 Å². The van der Waals surface area contributed by atoms with Gasteiger partial charge in [0.15, 0.2) is 6.61 Å². The first kappa shape index (κ1) is 17.0. The van der Waals surface area contributed by atoms with Gasteiger partial charge in [0.1, 0.15) is 5.75 Å². The molecule has 0 spiro atoms. The quantitative estimate of drug-likeness (QED) is 0.722. The van der Waals surface area contributed by atoms with Gasteiger partial charge in [-0.1, -0.05) is 41.1 Å². The fraction of sp³-hybridized carbons (Fsp3) is 0.235. The van der Waals surface area contributed by atoms with Crippen LogP contribution in [-0.2, 0) is 11.2 Å². The molecule has 0 radical (unpaired) electrons. The van der Waals surface area contributed by atoms with Crippen molar-refractivity contribution >= 4 is 43.5 Å². The summed E-state index contributed by atoms with van der Waals surface area (Å²) in [5.74, 6) is 0.511. The van der Waals surface area contributed by atoms with Gasteiger partial charge in [-0.05, 0) is 58.6 Å². The van der Waals surface area contributed by atoms with Crippen LogP contribution in [-0.4, -0.2) is 12.5 Å². The number of hydrogen-bond acceptors (Lipinski definition) is 2. The van der Waals surface area contributed by atoms with E-state index in [-0.39, 0.29) is 12.5 Å². The van der Waals surface area contributed by atoms with Gasteiger partial charge < -0.3 is 10.1 Å². The maximum absolute atomic E-state index is 12.1. The van der Waals surface area contributed by atoms with Crippen molar-refractivity contribution < 1.29 is 9.53 Å². The van der Waals surface area contributed by atoms with Crippen molar-refractivity contribution in [2.24, 2.45) is 0 Å². The van der Waals surface area contributed by atoms with E-state index in [1.54, 1.807) is 0 Å². The molecule has 2 aromatic carbocycles. The molecule has 0 saturated heterocycles. The highest BCUT2D eigenvalue weighted by molar-refractivity contribution is 9.11. The maximum atomic E-state index is 12.1. The van der Waals surface area contributed by atoms with Gasteiger partial charge in [0.25, 0.3) is 5.91 Å². The largest absolute Gasteiger partial charge is 0.482 e. The lowest BCUT2D eigenvalue weighted by atomic mass is 10.1. The number of benzene rings is 2. The fourth-order valence-corrected chi connectivity index (χ4v) is 3.70. The van der Waals surface area contributed by atoms with E-state index in [1.807, 2.05) is 43.3 Å². The van der Waals surface area contributed by atoms with E-state index in [0.717, 1.165) is 32.2 Å². The molecule has 0 aliphatic rings. The van der Waals surface area contributed by atoms with E-state index in [1.165, 1.54) is 0 Å². The van der Waals surface area contributed by atoms with Gasteiger partial charge in [-0.25, -0.2) is 0 Å². The van der Waals surface area contributed by atoms with Crippen molar-refractivity contribution in [2.75, 3.05) is 11.9 Å². The molecule has 22 heavy (non-hydrogen) atoms. The Morgan fingerprint density at radius 1 is 1.23 bits per heavy atom. The highest BCUT2D eigenvalue weighted by Crippen LogP contribution is 2.32. The average Bonchev–Trinajstić information content (AvgIpc) is 2.46. The number of aryl methyl sites for hydroxylation is 2. The predicted molar refractivity (Wildman–Crippen MR) is 96.5 cm³/mol. The molecular weight excluding hydrogens is 410 g/mol. The normalized spacial score (nSPS) is 10.4. The molecule has 1 amide bonds. The van der Waals surface area contributed by atoms with Gasteiger partial charge in [0.05, 0.1) is 4.47 Å². The minimum atomic E-state index is -0.171. The lowest BCUT2D eigenvalue weighted by Gasteiger charge is -2.13. The molecule has 0 fully saturated rings. The third kappa shape index (κ3) is 4.34. The van der Waals surface area contributed by atoms with Crippen molar-refractivity contribution in [3.8, 4) is 5.75 Å². The molecule has 0 aliphatic heterocycles. The Labute approximate surface area is 147 Å². The summed E-state index contributed by atoms with van der Waals surface area (Å²) < 4.78 is 7.43. The first-order valence-electron chi connectivity index (χ1n) is 6.97. The number of ether oxygens (including phenoxy) is 1. The van der Waals surface area contributed by atoms with Crippen LogP contribution >= 0.6 is 31.9 Å². The summed E-state index contributed by atoms with van der Waals surface area (Å²) in [7, 11) is 0. The summed E-state index contributed by atoms with van der Waals surface area (Å²) in [5.41, 5.74) is 2.91. The van der Waals surface area contributed by atoms with Crippen LogP contribution in [0.25, 0.3) is 0 Å². The smallest absolute Gasteiger partial charge is 0.262 e. The monoisotopic (exact) mass is 425 g/mol. The molecule has 2 rings (SSSR count). The van der Waals surface area contributed by atoms with E-state index in [2.05, 4.69) is 44.1 Å². The Balaban J connectivity index is 2.02. The number of hydrogen-bond donors (Lipinski definition) is 1. The van der Waals surface area contributed by atoms with Gasteiger partial charge in [-0.15, -0.1) is 0 Å². The molecule has 0 aliphatic carbocycles. The Kier molecular flexibility index (Phi) is 6.03. The fourth-order valence-electron chi connectivity index (χ4n) is 2.15. The number of rotatable bonds is 5. The maximum Gasteiger partial charge on any atom is 0.262 e. The van der Waals surface area contributed by atoms with E-state index < -0.39 is 0 Å². The molecule has 2 aromatic rings. The zero-order chi connectivity index (χ0) is 16.1. The Morgan fingerprint density at radius 3 is 2.64 bits per heavy atom. The number of halogens is 2. The number of anilines is 1. The zero-order valence-electron chi connectivity index (χ0n) is 12.5. The molecule has 3 nitrogen and oxygen atoms in total. The molecule has 116 valence electrons. The predicted octanol–water partition coefficient (Wildman–Crippen LogP) is 5.10. The van der Waals surface area contributed by atoms with Crippen molar-refractivity contribution in [1.82, 2.24) is 0 Å². The second kappa shape index (κ2) is 7.79. The van der Waals surface area contributed by atoms with Crippen LogP contribution in [0.2, 0.25) is 0 Å². The van der Waals surface area contributed by atoms with Crippen LogP contribution in [0.15, 0.2) is 45.3 Å². The van der Waals surface area contributed by atoms with Crippen LogP contribution in [0.1, 0.15) is 18.1 Å². The second-order valence-corrected chi connectivity index (χ2v) is 6.65. The molecular formula is C17H17Br2NO2. The molecule has 0 aromatic heterocycles. The summed E-state index contributed by atoms with van der Waals surface area (Å²) in [6, 6.07) is 11.6. The minimum absolute atomic E-state index is 0.0286. The van der Waals surface area contributed by atoms with E-state index in [9.17, 15) is 4.79 Å². The molecule has 0 heterocycles. The Morgan fingerprint density at radius 2 is 1.95 bits per heavy atom. The van der Waals surface area contributed by atoms with Gasteiger partial charge in [0.2, 0.25) is 0 Å². The molecule has 0 atom stereocenters. The van der Waals surface area contributed by atoms with Crippen LogP contribution < -0.4 is 10.1 Å². The summed E-state index contributed by atoms with van der Waals surface area (Å²) in [4.78, 5) is 12.1. The summed E-state index contributed by atoms with van der Waals surface area (Å²) >= 11 is 6.87. The van der Waals surface area contributed by atoms with Crippen LogP contribution in [0.4, 0.5) is 5.69 Å². The Hall–Kier alpha value is -1.33. The van der Waals surface area contributed by atoms with Gasteiger partial charge in [-0.3, -0.25) is 4.79 Å². The number of carbonyl (C=O) groups excluding carboxylic acids is 1. The zero-order valence-corrected chi connectivity index (χ0v) is 15.6. The van der Waals surface area contributed by atoms with Crippen molar-refractivity contribution in [1.29, 1.82) is 0 Å². The first-order valence-corrected chi connectivity index (χ1v) is 8.56. The summed E-state index contributed by atoms with van der Waals surface area (Å²) in [6.07, 6.45) is 0.870. The first-order chi connectivity index (χ1) is 10.5. The average molecular weight is 427 g/mol. The third-order valence-corrected chi connectivity index (χ3v) is 4.26. The van der Waals surface area contributed by atoms with E-state index in [0.29, 0.717) is 5.75 Å². The molecule has 5 heteroatoms. The van der Waals surface area contributed by atoms with Gasteiger partial charge in [-0.2, -0.15) is 0 Å². The van der Waals surface area contributed by atoms with Crippen molar-refractivity contribution in [3.05, 3.63) is 56.5 Å². The standard InChI is InChI=1S/C17H17Br2NO2/c1-3-12-6-4-5-7-15(12)20-16(21)10-22-17-11(2)8-13(18)9-14(17)19/h4-9H,3,10H2,1-2H3,(H,20,21). The van der Waals surface area contributed by atoms with Crippen molar-refractivity contribution in [2.45, 2.75) is 20.3 Å². The third-order valence-electron chi connectivity index (χ3n) is 3.21. The topological polar surface area (TPSA) is 38.3 Å². The lowest BCUT2D eigenvalue weighted by molar-refractivity contribution is -0.118. The molecule has 0 saturated carbocycles. The van der Waals surface area contributed by atoms with Gasteiger partial charge >= 0.3 is 0 Å². The van der Waals surface area contributed by atoms with Crippen LogP contribution in [0.5, 0.6) is 5.75 Å². The second-order valence-electron chi connectivity index (χ2n) is 4.88. The molecule has 0 bridgehead atoms. The number of amides is 1. The molecule has 1 N–H and O–H groups in total. The lowest BCUT2D eigenvalue weighted by Crippen LogP contribution is -2.21. The van der Waals surface area contributed by atoms with E-state index >= 15 is 0 Å². The van der Waals surface area contributed by atoms with E-state index in [4.69, 9.17) is 4.74 Å². The number of nitrogens with one attached hydrogen (secondary N) is 1. The highest BCUT2D eigenvalue weighted by atomic mass is 79.9.